The van der Waals surface area contributed by atoms with E-state index in [0.717, 1.165) is 11.1 Å². The Morgan fingerprint density at radius 2 is 1.66 bits per heavy atom. The molecule has 8 nitrogen and oxygen atoms in total. The van der Waals surface area contributed by atoms with Gasteiger partial charge in [-0.25, -0.2) is 22.0 Å². The summed E-state index contributed by atoms with van der Waals surface area (Å²) in [5.74, 6) is -2.74. The molecule has 3 aliphatic rings. The lowest BCUT2D eigenvalue weighted by atomic mass is 9.94. The summed E-state index contributed by atoms with van der Waals surface area (Å²) in [6, 6.07) is 12.3. The number of hydrogen-bond acceptors (Lipinski definition) is 5. The molecule has 1 unspecified atom stereocenters. The van der Waals surface area contributed by atoms with Crippen molar-refractivity contribution in [2.75, 3.05) is 32.9 Å². The van der Waals surface area contributed by atoms with E-state index in [2.05, 4.69) is 0 Å². The lowest BCUT2D eigenvalue weighted by Crippen LogP contribution is -2.52. The van der Waals surface area contributed by atoms with Crippen LogP contribution in [0.1, 0.15) is 46.0 Å². The highest BCUT2D eigenvalue weighted by atomic mass is 32.2. The fraction of sp³-hybridized carbons (Fsp3) is 0.481. The van der Waals surface area contributed by atoms with E-state index in [1.54, 1.807) is 29.2 Å². The number of alkyl halides is 2. The Morgan fingerprint density at radius 1 is 1.00 bits per heavy atom. The average Bonchev–Trinajstić information content (AvgIpc) is 3.23. The molecule has 0 radical (unpaired) electrons. The number of ether oxygens (including phenoxy) is 1. The second-order valence-electron chi connectivity index (χ2n) is 10.3. The molecule has 2 aromatic rings. The maximum atomic E-state index is 13.6. The molecule has 204 valence electrons. The Labute approximate surface area is 221 Å². The van der Waals surface area contributed by atoms with Crippen molar-refractivity contribution in [2.24, 2.45) is 0 Å². The summed E-state index contributed by atoms with van der Waals surface area (Å²) in [4.78, 5) is 28.8. The predicted molar refractivity (Wildman–Crippen MR) is 141 cm³/mol. The fourth-order valence-corrected chi connectivity index (χ4v) is 7.11. The van der Waals surface area contributed by atoms with Crippen molar-refractivity contribution in [3.63, 3.8) is 0 Å². The number of rotatable bonds is 3. The van der Waals surface area contributed by atoms with Crippen LogP contribution in [0.4, 0.5) is 30.6 Å². The van der Waals surface area contributed by atoms with E-state index < -0.39 is 28.1 Å². The van der Waals surface area contributed by atoms with Crippen molar-refractivity contribution < 1.29 is 31.5 Å². The van der Waals surface area contributed by atoms with E-state index in [0.29, 0.717) is 30.0 Å². The van der Waals surface area contributed by atoms with Gasteiger partial charge in [-0.05, 0) is 61.6 Å². The summed E-state index contributed by atoms with van der Waals surface area (Å²) in [7, 11) is -3.29. The van der Waals surface area contributed by atoms with Crippen LogP contribution < -0.4 is 14.1 Å². The third-order valence-electron chi connectivity index (χ3n) is 7.49. The molecule has 38 heavy (non-hydrogen) atoms. The van der Waals surface area contributed by atoms with Gasteiger partial charge in [-0.3, -0.25) is 14.0 Å². The molecule has 2 aromatic carbocycles. The molecule has 11 heteroatoms. The molecule has 0 bridgehead atoms. The van der Waals surface area contributed by atoms with Crippen LogP contribution in [-0.4, -0.2) is 57.3 Å². The first-order chi connectivity index (χ1) is 17.9. The Balaban J connectivity index is 1.44. The van der Waals surface area contributed by atoms with Crippen LogP contribution in [-0.2, 0) is 19.6 Å². The van der Waals surface area contributed by atoms with E-state index in [1.807, 2.05) is 25.1 Å². The summed E-state index contributed by atoms with van der Waals surface area (Å²) >= 11 is 0. The number of amides is 2. The van der Waals surface area contributed by atoms with Crippen molar-refractivity contribution in [1.29, 1.82) is 0 Å². The van der Waals surface area contributed by atoms with Crippen molar-refractivity contribution in [1.82, 2.24) is 0 Å². The molecule has 2 heterocycles. The van der Waals surface area contributed by atoms with Crippen LogP contribution >= 0.6 is 0 Å². The minimum atomic E-state index is -3.29. The van der Waals surface area contributed by atoms with Crippen LogP contribution in [0.25, 0.3) is 11.1 Å². The number of carbonyl (C=O) groups excluding carboxylic acids is 2. The number of halogens is 2. The van der Waals surface area contributed by atoms with Gasteiger partial charge in [0.05, 0.1) is 28.9 Å². The lowest BCUT2D eigenvalue weighted by molar-refractivity contribution is -0.117. The molecule has 0 aromatic heterocycles. The molecule has 2 amide bonds. The second kappa shape index (κ2) is 9.83. The van der Waals surface area contributed by atoms with Gasteiger partial charge in [0.1, 0.15) is 6.10 Å². The Morgan fingerprint density at radius 3 is 2.26 bits per heavy atom. The van der Waals surface area contributed by atoms with E-state index in [1.165, 1.54) is 16.1 Å². The summed E-state index contributed by atoms with van der Waals surface area (Å²) in [6.45, 7) is 3.96. The molecule has 2 aliphatic heterocycles. The highest BCUT2D eigenvalue weighted by molar-refractivity contribution is 7.93. The third kappa shape index (κ3) is 5.08. The number of benzene rings is 2. The van der Waals surface area contributed by atoms with Gasteiger partial charge < -0.3 is 9.64 Å². The van der Waals surface area contributed by atoms with E-state index >= 15 is 0 Å². The number of anilines is 3. The molecular formula is C27H31F2N3O5S. The van der Waals surface area contributed by atoms with Crippen molar-refractivity contribution in [2.45, 2.75) is 64.0 Å². The van der Waals surface area contributed by atoms with Crippen LogP contribution in [0.15, 0.2) is 42.5 Å². The number of carbonyl (C=O) groups is 2. The van der Waals surface area contributed by atoms with Gasteiger partial charge >= 0.3 is 6.09 Å². The van der Waals surface area contributed by atoms with Crippen molar-refractivity contribution in [3.05, 3.63) is 42.5 Å². The Kier molecular flexibility index (Phi) is 6.83. The van der Waals surface area contributed by atoms with Gasteiger partial charge in [-0.2, -0.15) is 0 Å². The first kappa shape index (κ1) is 26.4. The van der Waals surface area contributed by atoms with Crippen molar-refractivity contribution >= 4 is 39.1 Å². The van der Waals surface area contributed by atoms with Gasteiger partial charge in [-0.1, -0.05) is 18.2 Å². The van der Waals surface area contributed by atoms with Gasteiger partial charge in [0, 0.05) is 32.9 Å². The van der Waals surface area contributed by atoms with E-state index in [-0.39, 0.29) is 49.9 Å². The van der Waals surface area contributed by atoms with Crippen molar-refractivity contribution in [3.8, 4) is 11.1 Å². The molecule has 1 saturated heterocycles. The molecule has 0 N–H and O–H groups in total. The average molecular weight is 548 g/mol. The van der Waals surface area contributed by atoms with Crippen LogP contribution in [0.3, 0.4) is 0 Å². The van der Waals surface area contributed by atoms with Crippen LogP contribution in [0.5, 0.6) is 0 Å². The zero-order chi connectivity index (χ0) is 27.2. The van der Waals surface area contributed by atoms with E-state index in [4.69, 9.17) is 4.74 Å². The molecule has 5 rings (SSSR count). The minimum absolute atomic E-state index is 0.105. The predicted octanol–water partition coefficient (Wildman–Crippen LogP) is 5.17. The standard InChI is InChI=1S/C27H31F2N3O5S/c1-18-17-30(26(34)37-23-10-12-27(28,29)13-11-23)25-16-21(6-9-24(25)32(18)19(2)33)20-4-7-22(8-5-20)31-14-3-15-38(31,35)36/h4-9,16,18,23H,3,10-15,17H2,1-2H3. The van der Waals surface area contributed by atoms with Gasteiger partial charge in [0.2, 0.25) is 21.9 Å². The SMILES string of the molecule is CC(=O)N1c2ccc(-c3ccc(N4CCCS4(=O)=O)cc3)cc2N(C(=O)OC2CCC(F)(F)CC2)CC1C. The van der Waals surface area contributed by atoms with Crippen LogP contribution in [0.2, 0.25) is 0 Å². The first-order valence-corrected chi connectivity index (χ1v) is 14.5. The molecule has 2 fully saturated rings. The largest absolute Gasteiger partial charge is 0.446 e. The normalized spacial score (nSPS) is 22.7. The number of fused-ring (bicyclic) bond motifs is 1. The van der Waals surface area contributed by atoms with Gasteiger partial charge in [0.25, 0.3) is 0 Å². The quantitative estimate of drug-likeness (QED) is 0.529. The molecule has 1 saturated carbocycles. The van der Waals surface area contributed by atoms with Crippen LogP contribution in [0, 0.1) is 0 Å². The smallest absolute Gasteiger partial charge is 0.414 e. The Hall–Kier alpha value is -3.21. The van der Waals surface area contributed by atoms with E-state index in [9.17, 15) is 26.8 Å². The van der Waals surface area contributed by atoms with Gasteiger partial charge in [0.15, 0.2) is 0 Å². The second-order valence-corrected chi connectivity index (χ2v) is 12.3. The maximum Gasteiger partial charge on any atom is 0.414 e. The maximum absolute atomic E-state index is 13.6. The number of sulfonamides is 1. The summed E-state index contributed by atoms with van der Waals surface area (Å²) in [5, 5.41) is 0. The topological polar surface area (TPSA) is 87.2 Å². The zero-order valence-electron chi connectivity index (χ0n) is 21.4. The molecule has 1 atom stereocenters. The summed E-state index contributed by atoms with van der Waals surface area (Å²) in [6.07, 6.45) is -1.02. The Bertz CT molecular complexity index is 1340. The highest BCUT2D eigenvalue weighted by Crippen LogP contribution is 2.40. The monoisotopic (exact) mass is 547 g/mol. The lowest BCUT2D eigenvalue weighted by Gasteiger charge is -2.41. The number of nitrogens with zero attached hydrogens (tertiary/aromatic N) is 3. The molecular weight excluding hydrogens is 516 g/mol. The fourth-order valence-electron chi connectivity index (χ4n) is 5.54. The highest BCUT2D eigenvalue weighted by Gasteiger charge is 2.39. The minimum Gasteiger partial charge on any atom is -0.446 e. The molecule has 0 spiro atoms. The van der Waals surface area contributed by atoms with Gasteiger partial charge in [-0.15, -0.1) is 0 Å². The summed E-state index contributed by atoms with van der Waals surface area (Å²) in [5.41, 5.74) is 3.24. The first-order valence-electron chi connectivity index (χ1n) is 12.9. The number of hydrogen-bond donors (Lipinski definition) is 0. The zero-order valence-corrected chi connectivity index (χ0v) is 22.2. The summed E-state index contributed by atoms with van der Waals surface area (Å²) < 4.78 is 58.8. The third-order valence-corrected chi connectivity index (χ3v) is 9.36. The molecule has 1 aliphatic carbocycles.